The van der Waals surface area contributed by atoms with Crippen molar-refractivity contribution in [2.45, 2.75) is 13.0 Å². The molecule has 0 radical (unpaired) electrons. The van der Waals surface area contributed by atoms with Crippen LogP contribution in [0.5, 0.6) is 0 Å². The molecule has 1 aromatic carbocycles. The third kappa shape index (κ3) is 3.77. The van der Waals surface area contributed by atoms with E-state index in [1.165, 1.54) is 0 Å². The predicted octanol–water partition coefficient (Wildman–Crippen LogP) is 3.49. The monoisotopic (exact) mass is 426 g/mol. The highest BCUT2D eigenvalue weighted by atomic mass is 35.5. The SMILES string of the molecule is Cc1ccc(-c2nn(-c3ccccc3)cc2-c2nc(C3CNCCN3C)no2)o1.Cl. The van der Waals surface area contributed by atoms with Crippen molar-refractivity contribution in [1.29, 1.82) is 0 Å². The zero-order chi connectivity index (χ0) is 19.8. The molecule has 1 aliphatic rings. The lowest BCUT2D eigenvalue weighted by atomic mass is 10.2. The molecule has 9 heteroatoms. The van der Waals surface area contributed by atoms with Crippen molar-refractivity contribution < 1.29 is 8.94 Å². The molecule has 4 aromatic rings. The molecule has 3 aromatic heterocycles. The number of furan rings is 1. The van der Waals surface area contributed by atoms with E-state index in [1.807, 2.05) is 55.6 Å². The fourth-order valence-corrected chi connectivity index (χ4v) is 3.56. The van der Waals surface area contributed by atoms with E-state index in [1.54, 1.807) is 4.68 Å². The van der Waals surface area contributed by atoms with Crippen molar-refractivity contribution in [3.05, 3.63) is 60.2 Å². The number of nitrogens with one attached hydrogen (secondary N) is 1. The first kappa shape index (κ1) is 20.3. The molecule has 1 saturated heterocycles. The molecule has 1 aliphatic heterocycles. The van der Waals surface area contributed by atoms with Crippen LogP contribution in [0.15, 0.2) is 57.6 Å². The number of aromatic nitrogens is 4. The number of likely N-dealkylation sites (N-methyl/N-ethyl adjacent to an activating group) is 1. The van der Waals surface area contributed by atoms with Crippen molar-refractivity contribution in [1.82, 2.24) is 30.1 Å². The molecular weight excluding hydrogens is 404 g/mol. The largest absolute Gasteiger partial charge is 0.460 e. The Bertz CT molecular complexity index is 1120. The molecule has 1 atom stereocenters. The van der Waals surface area contributed by atoms with Gasteiger partial charge in [0.05, 0.1) is 17.3 Å². The first-order valence-corrected chi connectivity index (χ1v) is 9.66. The van der Waals surface area contributed by atoms with Gasteiger partial charge in [-0.3, -0.25) is 4.90 Å². The Hall–Kier alpha value is -2.94. The van der Waals surface area contributed by atoms with Gasteiger partial charge in [0.15, 0.2) is 11.6 Å². The average Bonchev–Trinajstić information content (AvgIpc) is 3.48. The molecule has 4 heterocycles. The number of hydrogen-bond acceptors (Lipinski definition) is 7. The molecule has 0 spiro atoms. The summed E-state index contributed by atoms with van der Waals surface area (Å²) in [5.41, 5.74) is 2.36. The molecule has 156 valence electrons. The van der Waals surface area contributed by atoms with Crippen LogP contribution in [0.3, 0.4) is 0 Å². The summed E-state index contributed by atoms with van der Waals surface area (Å²) < 4.78 is 13.3. The van der Waals surface area contributed by atoms with Crippen molar-refractivity contribution >= 4 is 12.4 Å². The zero-order valence-corrected chi connectivity index (χ0v) is 17.6. The van der Waals surface area contributed by atoms with Crippen LogP contribution in [0.4, 0.5) is 0 Å². The van der Waals surface area contributed by atoms with Gasteiger partial charge in [0, 0.05) is 25.8 Å². The van der Waals surface area contributed by atoms with Gasteiger partial charge in [-0.15, -0.1) is 12.4 Å². The summed E-state index contributed by atoms with van der Waals surface area (Å²) in [6.45, 7) is 4.61. The summed E-state index contributed by atoms with van der Waals surface area (Å²) in [5.74, 6) is 2.60. The summed E-state index contributed by atoms with van der Waals surface area (Å²) in [7, 11) is 2.08. The molecule has 30 heavy (non-hydrogen) atoms. The smallest absolute Gasteiger partial charge is 0.261 e. The van der Waals surface area contributed by atoms with Crippen LogP contribution in [-0.2, 0) is 0 Å². The normalized spacial score (nSPS) is 17.1. The lowest BCUT2D eigenvalue weighted by molar-refractivity contribution is 0.190. The zero-order valence-electron chi connectivity index (χ0n) is 16.8. The third-order valence-corrected chi connectivity index (χ3v) is 5.19. The van der Waals surface area contributed by atoms with Gasteiger partial charge in [0.1, 0.15) is 11.5 Å². The molecular formula is C21H23ClN6O2. The van der Waals surface area contributed by atoms with E-state index in [2.05, 4.69) is 22.4 Å². The van der Waals surface area contributed by atoms with Gasteiger partial charge >= 0.3 is 0 Å². The van der Waals surface area contributed by atoms with Crippen LogP contribution >= 0.6 is 12.4 Å². The van der Waals surface area contributed by atoms with E-state index in [9.17, 15) is 0 Å². The van der Waals surface area contributed by atoms with Crippen molar-refractivity contribution in [2.75, 3.05) is 26.7 Å². The fourth-order valence-electron chi connectivity index (χ4n) is 3.56. The standard InChI is InChI=1S/C21H22N6O2.ClH/c1-14-8-9-18(28-14)19-16(13-27(24-19)15-6-4-3-5-7-15)21-23-20(25-29-21)17-12-22-10-11-26(17)2;/h3-9,13,17,22H,10-12H2,1-2H3;1H. The first-order chi connectivity index (χ1) is 14.2. The Kier molecular flexibility index (Phi) is 5.72. The Morgan fingerprint density at radius 3 is 2.70 bits per heavy atom. The minimum absolute atomic E-state index is 0. The summed E-state index contributed by atoms with van der Waals surface area (Å²) in [6, 6.07) is 13.8. The number of nitrogens with zero attached hydrogens (tertiary/aromatic N) is 5. The average molecular weight is 427 g/mol. The van der Waals surface area contributed by atoms with E-state index in [4.69, 9.17) is 19.0 Å². The molecule has 1 N–H and O–H groups in total. The molecule has 0 saturated carbocycles. The van der Waals surface area contributed by atoms with Crippen molar-refractivity contribution in [2.24, 2.45) is 0 Å². The van der Waals surface area contributed by atoms with Crippen LogP contribution in [0, 0.1) is 6.92 Å². The minimum Gasteiger partial charge on any atom is -0.460 e. The van der Waals surface area contributed by atoms with Crippen LogP contribution in [0.25, 0.3) is 28.6 Å². The van der Waals surface area contributed by atoms with Crippen LogP contribution in [-0.4, -0.2) is 51.5 Å². The maximum atomic E-state index is 5.84. The molecule has 0 aliphatic carbocycles. The fraction of sp³-hybridized carbons (Fsp3) is 0.286. The topological polar surface area (TPSA) is 85.2 Å². The Labute approximate surface area is 180 Å². The van der Waals surface area contributed by atoms with E-state index >= 15 is 0 Å². The van der Waals surface area contributed by atoms with E-state index in [0.29, 0.717) is 23.2 Å². The highest BCUT2D eigenvalue weighted by molar-refractivity contribution is 5.85. The Morgan fingerprint density at radius 2 is 1.97 bits per heavy atom. The highest BCUT2D eigenvalue weighted by Gasteiger charge is 2.27. The maximum Gasteiger partial charge on any atom is 0.261 e. The second-order valence-corrected chi connectivity index (χ2v) is 7.24. The van der Waals surface area contributed by atoms with Crippen LogP contribution in [0.2, 0.25) is 0 Å². The second-order valence-electron chi connectivity index (χ2n) is 7.24. The van der Waals surface area contributed by atoms with Gasteiger partial charge in [-0.2, -0.15) is 10.1 Å². The van der Waals surface area contributed by atoms with Crippen LogP contribution in [0.1, 0.15) is 17.6 Å². The van der Waals surface area contributed by atoms with Crippen LogP contribution < -0.4 is 5.32 Å². The number of para-hydroxylation sites is 1. The van der Waals surface area contributed by atoms with Gasteiger partial charge in [-0.1, -0.05) is 23.4 Å². The number of aryl methyl sites for hydroxylation is 1. The number of hydrogen-bond donors (Lipinski definition) is 1. The van der Waals surface area contributed by atoms with Gasteiger partial charge in [0.25, 0.3) is 5.89 Å². The van der Waals surface area contributed by atoms with E-state index in [0.717, 1.165) is 36.6 Å². The van der Waals surface area contributed by atoms with Gasteiger partial charge in [0.2, 0.25) is 0 Å². The number of halogens is 1. The number of rotatable bonds is 4. The Morgan fingerprint density at radius 1 is 1.13 bits per heavy atom. The maximum absolute atomic E-state index is 5.84. The van der Waals surface area contributed by atoms with Gasteiger partial charge in [-0.25, -0.2) is 4.68 Å². The van der Waals surface area contributed by atoms with Gasteiger partial charge in [-0.05, 0) is 38.2 Å². The molecule has 5 rings (SSSR count). The lowest BCUT2D eigenvalue weighted by Gasteiger charge is -2.30. The van der Waals surface area contributed by atoms with E-state index < -0.39 is 0 Å². The molecule has 0 amide bonds. The number of benzene rings is 1. The first-order valence-electron chi connectivity index (χ1n) is 9.66. The van der Waals surface area contributed by atoms with Gasteiger partial charge < -0.3 is 14.3 Å². The minimum atomic E-state index is 0. The highest BCUT2D eigenvalue weighted by Crippen LogP contribution is 2.33. The lowest BCUT2D eigenvalue weighted by Crippen LogP contribution is -2.44. The number of piperazine rings is 1. The predicted molar refractivity (Wildman–Crippen MR) is 115 cm³/mol. The summed E-state index contributed by atoms with van der Waals surface area (Å²) in [5, 5.41) is 12.4. The summed E-state index contributed by atoms with van der Waals surface area (Å²) >= 11 is 0. The molecule has 0 bridgehead atoms. The van der Waals surface area contributed by atoms with Crippen molar-refractivity contribution in [3.8, 4) is 28.6 Å². The molecule has 8 nitrogen and oxygen atoms in total. The quantitative estimate of drug-likeness (QED) is 0.534. The van der Waals surface area contributed by atoms with Crippen molar-refractivity contribution in [3.63, 3.8) is 0 Å². The summed E-state index contributed by atoms with van der Waals surface area (Å²) in [6.07, 6.45) is 1.91. The van der Waals surface area contributed by atoms with E-state index in [-0.39, 0.29) is 18.4 Å². The third-order valence-electron chi connectivity index (χ3n) is 5.19. The molecule has 1 unspecified atom stereocenters. The summed E-state index contributed by atoms with van der Waals surface area (Å²) in [4.78, 5) is 6.93. The Balaban J connectivity index is 0.00000218. The molecule has 1 fully saturated rings. The second kappa shape index (κ2) is 8.43.